The van der Waals surface area contributed by atoms with Crippen LogP contribution >= 0.6 is 34.8 Å². The van der Waals surface area contributed by atoms with Crippen molar-refractivity contribution in [2.45, 2.75) is 31.9 Å². The van der Waals surface area contributed by atoms with Crippen LogP contribution in [0.2, 0.25) is 15.1 Å². The second-order valence-corrected chi connectivity index (χ2v) is 8.43. The van der Waals surface area contributed by atoms with Crippen molar-refractivity contribution < 1.29 is 14.4 Å². The largest absolute Gasteiger partial charge is 0.280 e. The number of halogens is 3. The summed E-state index contributed by atoms with van der Waals surface area (Å²) in [6, 6.07) is 11.6. The maximum atomic E-state index is 13.2. The van der Waals surface area contributed by atoms with E-state index in [-0.39, 0.29) is 11.8 Å². The van der Waals surface area contributed by atoms with Crippen LogP contribution in [0.3, 0.4) is 0 Å². The molecular weight excluding hydrogens is 435 g/mol. The summed E-state index contributed by atoms with van der Waals surface area (Å²) in [5.41, 5.74) is 1.36. The van der Waals surface area contributed by atoms with Gasteiger partial charge < -0.3 is 0 Å². The average Bonchev–Trinajstić information content (AvgIpc) is 3.18. The van der Waals surface area contributed by atoms with E-state index in [4.69, 9.17) is 39.6 Å². The topological polar surface area (TPSA) is 49.9 Å². The first-order valence-electron chi connectivity index (χ1n) is 9.44. The lowest BCUT2D eigenvalue weighted by Gasteiger charge is -2.29. The third-order valence-corrected chi connectivity index (χ3v) is 6.12. The fourth-order valence-electron chi connectivity index (χ4n) is 3.88. The highest BCUT2D eigenvalue weighted by Crippen LogP contribution is 2.48. The molecule has 29 heavy (non-hydrogen) atoms. The third kappa shape index (κ3) is 3.61. The molecular formula is C21H19Cl3N2O3. The Hall–Kier alpha value is -1.79. The molecule has 0 unspecified atom stereocenters. The number of carbonyl (C=O) groups excluding carboxylic acids is 2. The van der Waals surface area contributed by atoms with Gasteiger partial charge in [0.1, 0.15) is 5.92 Å². The van der Waals surface area contributed by atoms with Gasteiger partial charge in [-0.1, -0.05) is 54.2 Å². The Morgan fingerprint density at radius 2 is 1.66 bits per heavy atom. The van der Waals surface area contributed by atoms with E-state index in [0.717, 1.165) is 12.8 Å². The number of rotatable bonds is 5. The van der Waals surface area contributed by atoms with Gasteiger partial charge in [-0.3, -0.25) is 19.3 Å². The van der Waals surface area contributed by atoms with Gasteiger partial charge in [0.25, 0.3) is 5.91 Å². The molecule has 0 aliphatic carbocycles. The van der Waals surface area contributed by atoms with Crippen LogP contribution in [0.4, 0.5) is 5.69 Å². The third-order valence-electron chi connectivity index (χ3n) is 5.30. The standard InChI is InChI=1S/C21H19Cl3N2O3/c1-2-3-10-25-20(27)17-18(15-9-6-13(23)11-16(15)24)26(29-19(17)21(25)28)14-7-4-12(22)5-8-14/h4-9,11,17-19H,2-3,10H2,1H3/t17-,18-,19-/m1/s1. The maximum Gasteiger partial charge on any atom is 0.261 e. The van der Waals surface area contributed by atoms with E-state index in [1.165, 1.54) is 4.90 Å². The molecule has 0 radical (unpaired) electrons. The number of hydrogen-bond acceptors (Lipinski definition) is 4. The molecule has 2 aliphatic heterocycles. The van der Waals surface area contributed by atoms with Crippen molar-refractivity contribution in [2.75, 3.05) is 11.6 Å². The Morgan fingerprint density at radius 3 is 2.31 bits per heavy atom. The van der Waals surface area contributed by atoms with E-state index in [9.17, 15) is 9.59 Å². The van der Waals surface area contributed by atoms with Gasteiger partial charge in [-0.2, -0.15) is 0 Å². The van der Waals surface area contributed by atoms with Crippen LogP contribution in [0.15, 0.2) is 42.5 Å². The second-order valence-electron chi connectivity index (χ2n) is 7.15. The van der Waals surface area contributed by atoms with Crippen molar-refractivity contribution in [3.8, 4) is 0 Å². The van der Waals surface area contributed by atoms with Gasteiger partial charge in [0.15, 0.2) is 6.10 Å². The summed E-state index contributed by atoms with van der Waals surface area (Å²) in [5.74, 6) is -1.23. The normalized spacial score (nSPS) is 23.8. The molecule has 2 amide bonds. The summed E-state index contributed by atoms with van der Waals surface area (Å²) in [5, 5.41) is 3.07. The Balaban J connectivity index is 1.77. The number of benzene rings is 2. The van der Waals surface area contributed by atoms with Crippen molar-refractivity contribution in [2.24, 2.45) is 5.92 Å². The molecule has 0 bridgehead atoms. The Kier molecular flexibility index (Phi) is 5.76. The minimum atomic E-state index is -0.883. The number of carbonyl (C=O) groups is 2. The zero-order chi connectivity index (χ0) is 20.7. The molecule has 152 valence electrons. The zero-order valence-corrected chi connectivity index (χ0v) is 17.9. The number of fused-ring (bicyclic) bond motifs is 1. The second kappa shape index (κ2) is 8.15. The first kappa shape index (κ1) is 20.5. The molecule has 2 aliphatic rings. The van der Waals surface area contributed by atoms with Gasteiger partial charge in [-0.25, -0.2) is 5.06 Å². The Labute approximate surface area is 184 Å². The van der Waals surface area contributed by atoms with E-state index in [1.54, 1.807) is 47.5 Å². The highest BCUT2D eigenvalue weighted by molar-refractivity contribution is 6.35. The summed E-state index contributed by atoms with van der Waals surface area (Å²) >= 11 is 18.6. The van der Waals surface area contributed by atoms with Crippen LogP contribution in [-0.4, -0.2) is 29.4 Å². The fraction of sp³-hybridized carbons (Fsp3) is 0.333. The molecule has 2 fully saturated rings. The van der Waals surface area contributed by atoms with E-state index >= 15 is 0 Å². The number of hydroxylamine groups is 1. The number of imide groups is 1. The smallest absolute Gasteiger partial charge is 0.261 e. The van der Waals surface area contributed by atoms with Crippen LogP contribution < -0.4 is 5.06 Å². The van der Waals surface area contributed by atoms with Crippen molar-refractivity contribution in [3.05, 3.63) is 63.1 Å². The minimum Gasteiger partial charge on any atom is -0.280 e. The lowest BCUT2D eigenvalue weighted by molar-refractivity contribution is -0.143. The molecule has 2 aromatic carbocycles. The number of amides is 2. The van der Waals surface area contributed by atoms with Crippen LogP contribution in [0.1, 0.15) is 31.4 Å². The van der Waals surface area contributed by atoms with Crippen LogP contribution in [-0.2, 0) is 14.4 Å². The molecule has 2 heterocycles. The quantitative estimate of drug-likeness (QED) is 0.577. The van der Waals surface area contributed by atoms with Gasteiger partial charge in [-0.05, 0) is 48.4 Å². The molecule has 0 N–H and O–H groups in total. The number of nitrogens with zero attached hydrogens (tertiary/aromatic N) is 2. The maximum absolute atomic E-state index is 13.2. The Bertz CT molecular complexity index is 951. The predicted molar refractivity (Wildman–Crippen MR) is 113 cm³/mol. The highest BCUT2D eigenvalue weighted by Gasteiger charge is 2.59. The van der Waals surface area contributed by atoms with Crippen LogP contribution in [0, 0.1) is 5.92 Å². The minimum absolute atomic E-state index is 0.235. The van der Waals surface area contributed by atoms with Crippen molar-refractivity contribution in [1.82, 2.24) is 4.90 Å². The van der Waals surface area contributed by atoms with Gasteiger partial charge in [-0.15, -0.1) is 0 Å². The van der Waals surface area contributed by atoms with Gasteiger partial charge >= 0.3 is 0 Å². The molecule has 3 atom stereocenters. The van der Waals surface area contributed by atoms with Crippen molar-refractivity contribution >= 4 is 52.3 Å². The zero-order valence-electron chi connectivity index (χ0n) is 15.6. The fourth-order valence-corrected chi connectivity index (χ4v) is 4.52. The Morgan fingerprint density at radius 1 is 0.966 bits per heavy atom. The molecule has 0 spiro atoms. The van der Waals surface area contributed by atoms with Gasteiger partial charge in [0, 0.05) is 21.6 Å². The van der Waals surface area contributed by atoms with E-state index in [2.05, 4.69) is 0 Å². The van der Waals surface area contributed by atoms with E-state index < -0.39 is 18.1 Å². The number of unbranched alkanes of at least 4 members (excludes halogenated alkanes) is 1. The number of likely N-dealkylation sites (tertiary alicyclic amines) is 1. The summed E-state index contributed by atoms with van der Waals surface area (Å²) in [6.07, 6.45) is 0.757. The van der Waals surface area contributed by atoms with E-state index in [1.807, 2.05) is 6.92 Å². The molecule has 8 heteroatoms. The SMILES string of the molecule is CCCCN1C(=O)[C@@H]2[C@@H](c3ccc(Cl)cc3Cl)N(c3ccc(Cl)cc3)O[C@H]2C1=O. The summed E-state index contributed by atoms with van der Waals surface area (Å²) < 4.78 is 0. The van der Waals surface area contributed by atoms with Crippen LogP contribution in [0.5, 0.6) is 0 Å². The first-order chi connectivity index (χ1) is 13.9. The summed E-state index contributed by atoms with van der Waals surface area (Å²) in [6.45, 7) is 2.41. The first-order valence-corrected chi connectivity index (χ1v) is 10.6. The van der Waals surface area contributed by atoms with Gasteiger partial charge in [0.2, 0.25) is 5.91 Å². The lowest BCUT2D eigenvalue weighted by atomic mass is 9.90. The molecule has 0 aromatic heterocycles. The predicted octanol–water partition coefficient (Wildman–Crippen LogP) is 5.29. The summed E-state index contributed by atoms with van der Waals surface area (Å²) in [4.78, 5) is 33.5. The number of anilines is 1. The van der Waals surface area contributed by atoms with Crippen molar-refractivity contribution in [3.63, 3.8) is 0 Å². The highest BCUT2D eigenvalue weighted by atomic mass is 35.5. The molecule has 2 aromatic rings. The lowest BCUT2D eigenvalue weighted by Crippen LogP contribution is -2.37. The van der Waals surface area contributed by atoms with Crippen LogP contribution in [0.25, 0.3) is 0 Å². The van der Waals surface area contributed by atoms with Crippen molar-refractivity contribution in [1.29, 1.82) is 0 Å². The van der Waals surface area contributed by atoms with Gasteiger partial charge in [0.05, 0.1) is 11.7 Å². The monoisotopic (exact) mass is 452 g/mol. The number of hydrogen-bond donors (Lipinski definition) is 0. The molecule has 4 rings (SSSR count). The summed E-state index contributed by atoms with van der Waals surface area (Å²) in [7, 11) is 0. The molecule has 0 saturated carbocycles. The molecule has 2 saturated heterocycles. The van der Waals surface area contributed by atoms with E-state index in [0.29, 0.717) is 32.9 Å². The molecule has 5 nitrogen and oxygen atoms in total. The average molecular weight is 454 g/mol.